The van der Waals surface area contributed by atoms with Crippen LogP contribution in [0.1, 0.15) is 37.3 Å². The molecule has 1 aliphatic heterocycles. The lowest BCUT2D eigenvalue weighted by atomic mass is 9.89. The molecule has 2 heterocycles. The van der Waals surface area contributed by atoms with Crippen molar-refractivity contribution in [2.75, 3.05) is 17.2 Å². The van der Waals surface area contributed by atoms with Crippen LogP contribution in [0.4, 0.5) is 17.2 Å². The van der Waals surface area contributed by atoms with Gasteiger partial charge in [0.1, 0.15) is 23.5 Å². The van der Waals surface area contributed by atoms with Crippen LogP contribution in [0.25, 0.3) is 0 Å². The smallest absolute Gasteiger partial charge is 0.151 e. The maximum atomic E-state index is 6.28. The Hall–Kier alpha value is -3.08. The molecule has 0 saturated heterocycles. The summed E-state index contributed by atoms with van der Waals surface area (Å²) in [5, 5.41) is 0. The van der Waals surface area contributed by atoms with Crippen molar-refractivity contribution in [3.8, 4) is 11.5 Å². The van der Waals surface area contributed by atoms with Crippen molar-refractivity contribution in [1.29, 1.82) is 0 Å². The normalized spacial score (nSPS) is 19.0. The predicted molar refractivity (Wildman–Crippen MR) is 111 cm³/mol. The standard InChI is InChI=1S/C23H24N4O/c24-23-22-21(25-15-26-23)20(16-6-4-5-7-16)14-27(22)17-10-12-19(13-11-17)28-18-8-2-1-3-9-18/h1-3,8-13,15-16,20H,4-7,14H2,(H2,24,25,26). The number of ether oxygens (including phenoxy) is 1. The lowest BCUT2D eigenvalue weighted by Crippen LogP contribution is -2.19. The molecule has 2 aromatic carbocycles. The second-order valence-electron chi connectivity index (χ2n) is 7.66. The number of anilines is 3. The Bertz CT molecular complexity index is 952. The molecule has 1 saturated carbocycles. The molecular formula is C23H24N4O. The van der Waals surface area contributed by atoms with Crippen LogP contribution in [0.2, 0.25) is 0 Å². The number of fused-ring (bicyclic) bond motifs is 1. The summed E-state index contributed by atoms with van der Waals surface area (Å²) < 4.78 is 5.92. The quantitative estimate of drug-likeness (QED) is 0.675. The molecule has 142 valence electrons. The number of nitrogen functional groups attached to an aromatic ring is 1. The third-order valence-electron chi connectivity index (χ3n) is 5.98. The van der Waals surface area contributed by atoms with Crippen LogP contribution in [-0.2, 0) is 0 Å². The Morgan fingerprint density at radius 1 is 0.893 bits per heavy atom. The minimum Gasteiger partial charge on any atom is -0.457 e. The van der Waals surface area contributed by atoms with Crippen LogP contribution in [-0.4, -0.2) is 16.5 Å². The largest absolute Gasteiger partial charge is 0.457 e. The summed E-state index contributed by atoms with van der Waals surface area (Å²) in [5.41, 5.74) is 9.47. The number of benzene rings is 2. The SMILES string of the molecule is Nc1ncnc2c1N(c1ccc(Oc3ccccc3)cc1)CC2C1CCCC1. The molecule has 2 aliphatic rings. The lowest BCUT2D eigenvalue weighted by Gasteiger charge is -2.22. The van der Waals surface area contributed by atoms with Crippen LogP contribution in [0.3, 0.4) is 0 Å². The van der Waals surface area contributed by atoms with Gasteiger partial charge in [0.25, 0.3) is 0 Å². The van der Waals surface area contributed by atoms with E-state index in [0.29, 0.717) is 17.7 Å². The van der Waals surface area contributed by atoms with Gasteiger partial charge in [0.2, 0.25) is 0 Å². The van der Waals surface area contributed by atoms with E-state index in [1.54, 1.807) is 6.33 Å². The third kappa shape index (κ3) is 3.07. The summed E-state index contributed by atoms with van der Waals surface area (Å²) in [7, 11) is 0. The third-order valence-corrected chi connectivity index (χ3v) is 5.98. The summed E-state index contributed by atoms with van der Waals surface area (Å²) in [6.07, 6.45) is 6.82. The molecule has 0 radical (unpaired) electrons. The van der Waals surface area contributed by atoms with Gasteiger partial charge in [-0.1, -0.05) is 31.0 Å². The van der Waals surface area contributed by atoms with Gasteiger partial charge in [0.15, 0.2) is 5.82 Å². The molecule has 5 heteroatoms. The zero-order valence-corrected chi connectivity index (χ0v) is 15.8. The second-order valence-corrected chi connectivity index (χ2v) is 7.66. The maximum Gasteiger partial charge on any atom is 0.151 e. The number of nitrogens with two attached hydrogens (primary N) is 1. The molecule has 1 aromatic heterocycles. The van der Waals surface area contributed by atoms with Gasteiger partial charge in [-0.2, -0.15) is 0 Å². The van der Waals surface area contributed by atoms with Crippen molar-refractivity contribution in [3.63, 3.8) is 0 Å². The van der Waals surface area contributed by atoms with Gasteiger partial charge in [-0.25, -0.2) is 9.97 Å². The van der Waals surface area contributed by atoms with E-state index in [0.717, 1.165) is 35.1 Å². The Labute approximate surface area is 165 Å². The molecule has 0 bridgehead atoms. The predicted octanol–water partition coefficient (Wildman–Crippen LogP) is 5.28. The van der Waals surface area contributed by atoms with Crippen molar-refractivity contribution in [1.82, 2.24) is 9.97 Å². The monoisotopic (exact) mass is 372 g/mol. The fourth-order valence-corrected chi connectivity index (χ4v) is 4.61. The van der Waals surface area contributed by atoms with E-state index in [-0.39, 0.29) is 0 Å². The Morgan fingerprint density at radius 2 is 1.61 bits per heavy atom. The van der Waals surface area contributed by atoms with E-state index in [1.165, 1.54) is 25.7 Å². The first-order valence-electron chi connectivity index (χ1n) is 10.0. The second kappa shape index (κ2) is 7.15. The van der Waals surface area contributed by atoms with Crippen LogP contribution in [0.15, 0.2) is 60.9 Å². The average Bonchev–Trinajstić information content (AvgIpc) is 3.38. The van der Waals surface area contributed by atoms with E-state index in [4.69, 9.17) is 10.5 Å². The van der Waals surface area contributed by atoms with Crippen molar-refractivity contribution >= 4 is 17.2 Å². The van der Waals surface area contributed by atoms with Crippen LogP contribution >= 0.6 is 0 Å². The summed E-state index contributed by atoms with van der Waals surface area (Å²) in [4.78, 5) is 11.2. The van der Waals surface area contributed by atoms with Crippen LogP contribution < -0.4 is 15.4 Å². The molecule has 1 aliphatic carbocycles. The fourth-order valence-electron chi connectivity index (χ4n) is 4.61. The first-order valence-corrected chi connectivity index (χ1v) is 10.0. The average molecular weight is 372 g/mol. The van der Waals surface area contributed by atoms with Crippen LogP contribution in [0, 0.1) is 5.92 Å². The highest BCUT2D eigenvalue weighted by atomic mass is 16.5. The van der Waals surface area contributed by atoms with E-state index >= 15 is 0 Å². The van der Waals surface area contributed by atoms with Crippen molar-refractivity contribution in [2.45, 2.75) is 31.6 Å². The van der Waals surface area contributed by atoms with E-state index < -0.39 is 0 Å². The maximum absolute atomic E-state index is 6.28. The van der Waals surface area contributed by atoms with Gasteiger partial charge in [0, 0.05) is 18.2 Å². The molecule has 3 aromatic rings. The number of nitrogens with zero attached hydrogens (tertiary/aromatic N) is 3. The number of para-hydroxylation sites is 1. The van der Waals surface area contributed by atoms with Crippen molar-refractivity contribution in [3.05, 3.63) is 66.6 Å². The number of aromatic nitrogens is 2. The number of hydrogen-bond acceptors (Lipinski definition) is 5. The molecule has 1 atom stereocenters. The van der Waals surface area contributed by atoms with Crippen molar-refractivity contribution in [2.24, 2.45) is 5.92 Å². The minimum absolute atomic E-state index is 0.433. The summed E-state index contributed by atoms with van der Waals surface area (Å²) in [6.45, 7) is 0.918. The first-order chi connectivity index (χ1) is 13.8. The Morgan fingerprint density at radius 3 is 2.36 bits per heavy atom. The summed E-state index contributed by atoms with van der Waals surface area (Å²) >= 11 is 0. The number of rotatable bonds is 4. The fraction of sp³-hybridized carbons (Fsp3) is 0.304. The van der Waals surface area contributed by atoms with Crippen molar-refractivity contribution < 1.29 is 4.74 Å². The van der Waals surface area contributed by atoms with Gasteiger partial charge in [-0.05, 0) is 55.2 Å². The zero-order valence-electron chi connectivity index (χ0n) is 15.8. The molecule has 0 amide bonds. The zero-order chi connectivity index (χ0) is 18.9. The molecule has 5 nitrogen and oxygen atoms in total. The highest BCUT2D eigenvalue weighted by Gasteiger charge is 2.38. The van der Waals surface area contributed by atoms with E-state index in [2.05, 4.69) is 27.0 Å². The highest BCUT2D eigenvalue weighted by molar-refractivity contribution is 5.78. The van der Waals surface area contributed by atoms with E-state index in [1.807, 2.05) is 42.5 Å². The van der Waals surface area contributed by atoms with Gasteiger partial charge < -0.3 is 15.4 Å². The molecule has 1 unspecified atom stereocenters. The molecule has 2 N–H and O–H groups in total. The van der Waals surface area contributed by atoms with E-state index in [9.17, 15) is 0 Å². The van der Waals surface area contributed by atoms with Gasteiger partial charge in [0.05, 0.1) is 5.69 Å². The first kappa shape index (κ1) is 17.0. The molecule has 5 rings (SSSR count). The highest BCUT2D eigenvalue weighted by Crippen LogP contribution is 2.49. The summed E-state index contributed by atoms with van der Waals surface area (Å²) in [6, 6.07) is 18.0. The molecule has 28 heavy (non-hydrogen) atoms. The molecule has 1 fully saturated rings. The summed E-state index contributed by atoms with van der Waals surface area (Å²) in [5.74, 6) is 3.34. The van der Waals surface area contributed by atoms with Crippen LogP contribution in [0.5, 0.6) is 11.5 Å². The Kier molecular flexibility index (Phi) is 4.35. The van der Waals surface area contributed by atoms with Gasteiger partial charge in [-0.15, -0.1) is 0 Å². The molecule has 0 spiro atoms. The Balaban J connectivity index is 1.43. The van der Waals surface area contributed by atoms with Gasteiger partial charge in [-0.3, -0.25) is 0 Å². The topological polar surface area (TPSA) is 64.3 Å². The molecular weight excluding hydrogens is 348 g/mol. The number of hydrogen-bond donors (Lipinski definition) is 1. The lowest BCUT2D eigenvalue weighted by molar-refractivity contribution is 0.447. The minimum atomic E-state index is 0.433. The van der Waals surface area contributed by atoms with Gasteiger partial charge >= 0.3 is 0 Å².